The lowest BCUT2D eigenvalue weighted by Gasteiger charge is -2.22. The molecule has 1 unspecified atom stereocenters. The lowest BCUT2D eigenvalue weighted by molar-refractivity contribution is 0.0536. The van der Waals surface area contributed by atoms with E-state index in [1.807, 2.05) is 13.1 Å². The lowest BCUT2D eigenvalue weighted by Crippen LogP contribution is -2.41. The first kappa shape index (κ1) is 22.9. The van der Waals surface area contributed by atoms with E-state index < -0.39 is 0 Å². The molecule has 1 aliphatic heterocycles. The number of methoxy groups -OCH3 is 1. The minimum absolute atomic E-state index is 0. The summed E-state index contributed by atoms with van der Waals surface area (Å²) in [5, 5.41) is 3.51. The van der Waals surface area contributed by atoms with Crippen molar-refractivity contribution in [3.63, 3.8) is 0 Å². The van der Waals surface area contributed by atoms with Crippen LogP contribution in [-0.4, -0.2) is 74.0 Å². The fraction of sp³-hybridized carbons (Fsp3) is 0.600. The maximum atomic E-state index is 5.68. The van der Waals surface area contributed by atoms with Crippen LogP contribution in [0.5, 0.6) is 0 Å². The van der Waals surface area contributed by atoms with Crippen molar-refractivity contribution in [1.82, 2.24) is 19.8 Å². The molecule has 28 heavy (non-hydrogen) atoms. The second-order valence-corrected chi connectivity index (χ2v) is 6.94. The highest BCUT2D eigenvalue weighted by atomic mass is 127. The van der Waals surface area contributed by atoms with Crippen LogP contribution in [0.25, 0.3) is 11.0 Å². The van der Waals surface area contributed by atoms with Crippen molar-refractivity contribution in [3.05, 3.63) is 30.1 Å². The molecular weight excluding hydrogens is 469 g/mol. The third-order valence-corrected chi connectivity index (χ3v) is 5.05. The smallest absolute Gasteiger partial charge is 0.193 e. The fourth-order valence-electron chi connectivity index (χ4n) is 3.64. The number of fused-ring (bicyclic) bond motifs is 1. The number of nitrogens with zero attached hydrogens (tertiary/aromatic N) is 4. The standard InChI is InChI=1S/C20H31N5O2.HI/c1-16-23-18-6-4-5-7-19(18)25(16)11-9-22-20(21-2)24-10-8-17(14-24)15-27-13-12-26-3;/h4-7,17H,8-15H2,1-3H3,(H,21,22);1H. The predicted octanol–water partition coefficient (Wildman–Crippen LogP) is 2.52. The minimum atomic E-state index is 0. The Balaban J connectivity index is 0.00000280. The van der Waals surface area contributed by atoms with Gasteiger partial charge in [-0.05, 0) is 25.5 Å². The van der Waals surface area contributed by atoms with E-state index >= 15 is 0 Å². The zero-order valence-corrected chi connectivity index (χ0v) is 19.4. The first-order valence-corrected chi connectivity index (χ1v) is 9.67. The normalized spacial score (nSPS) is 17.2. The number of likely N-dealkylation sites (tertiary alicyclic amines) is 1. The number of aromatic nitrogens is 2. The van der Waals surface area contributed by atoms with Crippen molar-refractivity contribution in [3.8, 4) is 0 Å². The summed E-state index contributed by atoms with van der Waals surface area (Å²) in [6.07, 6.45) is 1.14. The highest BCUT2D eigenvalue weighted by Crippen LogP contribution is 2.17. The average molecular weight is 501 g/mol. The third-order valence-electron chi connectivity index (χ3n) is 5.05. The summed E-state index contributed by atoms with van der Waals surface area (Å²) in [4.78, 5) is 11.4. The van der Waals surface area contributed by atoms with Crippen LogP contribution in [0.2, 0.25) is 0 Å². The molecule has 1 N–H and O–H groups in total. The number of ether oxygens (including phenoxy) is 2. The van der Waals surface area contributed by atoms with Crippen LogP contribution in [0.1, 0.15) is 12.2 Å². The molecule has 1 atom stereocenters. The summed E-state index contributed by atoms with van der Waals surface area (Å²) in [5.41, 5.74) is 2.23. The third kappa shape index (κ3) is 5.81. The van der Waals surface area contributed by atoms with Gasteiger partial charge >= 0.3 is 0 Å². The molecule has 1 aliphatic rings. The molecule has 0 saturated carbocycles. The Kier molecular flexibility index (Phi) is 9.46. The average Bonchev–Trinajstić information content (AvgIpc) is 3.27. The maximum absolute atomic E-state index is 5.68. The number of aliphatic imine (C=N–C) groups is 1. The van der Waals surface area contributed by atoms with Crippen LogP contribution in [0.4, 0.5) is 0 Å². The van der Waals surface area contributed by atoms with Gasteiger partial charge in [0, 0.05) is 46.3 Å². The molecule has 7 nitrogen and oxygen atoms in total. The molecule has 0 aliphatic carbocycles. The van der Waals surface area contributed by atoms with Gasteiger partial charge < -0.3 is 24.3 Å². The summed E-state index contributed by atoms with van der Waals surface area (Å²) in [5.74, 6) is 2.57. The van der Waals surface area contributed by atoms with Gasteiger partial charge in [0.1, 0.15) is 5.82 Å². The number of halogens is 1. The van der Waals surface area contributed by atoms with Gasteiger partial charge in [0.05, 0.1) is 30.9 Å². The van der Waals surface area contributed by atoms with E-state index in [0.717, 1.165) is 56.5 Å². The molecule has 0 spiro atoms. The van der Waals surface area contributed by atoms with Gasteiger partial charge in [0.2, 0.25) is 0 Å². The molecule has 156 valence electrons. The zero-order chi connectivity index (χ0) is 19.1. The minimum Gasteiger partial charge on any atom is -0.382 e. The first-order chi connectivity index (χ1) is 13.2. The maximum Gasteiger partial charge on any atom is 0.193 e. The largest absolute Gasteiger partial charge is 0.382 e. The first-order valence-electron chi connectivity index (χ1n) is 9.67. The van der Waals surface area contributed by atoms with E-state index in [1.54, 1.807) is 7.11 Å². The van der Waals surface area contributed by atoms with Gasteiger partial charge in [-0.25, -0.2) is 4.98 Å². The molecule has 1 aromatic carbocycles. The van der Waals surface area contributed by atoms with E-state index in [2.05, 4.69) is 49.9 Å². The van der Waals surface area contributed by atoms with Crippen molar-refractivity contribution in [2.45, 2.75) is 19.9 Å². The van der Waals surface area contributed by atoms with Crippen molar-refractivity contribution in [2.75, 3.05) is 53.6 Å². The van der Waals surface area contributed by atoms with Crippen LogP contribution >= 0.6 is 24.0 Å². The molecule has 0 radical (unpaired) electrons. The Bertz CT molecular complexity index is 764. The fourth-order valence-corrected chi connectivity index (χ4v) is 3.64. The molecule has 1 fully saturated rings. The lowest BCUT2D eigenvalue weighted by atomic mass is 10.1. The van der Waals surface area contributed by atoms with E-state index in [4.69, 9.17) is 9.47 Å². The Hall–Kier alpha value is -1.39. The van der Waals surface area contributed by atoms with Gasteiger partial charge in [-0.1, -0.05) is 12.1 Å². The van der Waals surface area contributed by atoms with Gasteiger partial charge in [0.15, 0.2) is 5.96 Å². The number of nitrogens with one attached hydrogen (secondary N) is 1. The molecular formula is C20H32IN5O2. The van der Waals surface area contributed by atoms with Crippen LogP contribution in [-0.2, 0) is 16.0 Å². The molecule has 0 bridgehead atoms. The van der Waals surface area contributed by atoms with Crippen molar-refractivity contribution in [2.24, 2.45) is 10.9 Å². The van der Waals surface area contributed by atoms with Crippen LogP contribution in [0.3, 0.4) is 0 Å². The number of aryl methyl sites for hydroxylation is 1. The number of imidazole rings is 1. The molecule has 0 amide bonds. The predicted molar refractivity (Wildman–Crippen MR) is 124 cm³/mol. The topological polar surface area (TPSA) is 63.9 Å². The van der Waals surface area contributed by atoms with Crippen molar-refractivity contribution < 1.29 is 9.47 Å². The van der Waals surface area contributed by atoms with Gasteiger partial charge in [-0.3, -0.25) is 4.99 Å². The zero-order valence-electron chi connectivity index (χ0n) is 17.1. The van der Waals surface area contributed by atoms with E-state index in [1.165, 1.54) is 5.52 Å². The number of benzene rings is 1. The number of hydrogen-bond donors (Lipinski definition) is 1. The van der Waals surface area contributed by atoms with Crippen molar-refractivity contribution in [1.29, 1.82) is 0 Å². The molecule has 2 aromatic rings. The summed E-state index contributed by atoms with van der Waals surface area (Å²) in [6.45, 7) is 7.85. The van der Waals surface area contributed by atoms with Gasteiger partial charge in [-0.2, -0.15) is 0 Å². The summed E-state index contributed by atoms with van der Waals surface area (Å²) >= 11 is 0. The SMILES string of the molecule is CN=C(NCCn1c(C)nc2ccccc21)N1CCC(COCCOC)C1.I. The van der Waals surface area contributed by atoms with E-state index in [9.17, 15) is 0 Å². The van der Waals surface area contributed by atoms with E-state index in [-0.39, 0.29) is 24.0 Å². The molecule has 3 rings (SSSR count). The molecule has 1 saturated heterocycles. The molecule has 2 heterocycles. The number of para-hydroxylation sites is 2. The number of hydrogen-bond acceptors (Lipinski definition) is 4. The Morgan fingerprint density at radius 3 is 2.93 bits per heavy atom. The van der Waals surface area contributed by atoms with Crippen LogP contribution in [0.15, 0.2) is 29.3 Å². The van der Waals surface area contributed by atoms with Gasteiger partial charge in [-0.15, -0.1) is 24.0 Å². The molecule has 1 aromatic heterocycles. The van der Waals surface area contributed by atoms with E-state index in [0.29, 0.717) is 19.1 Å². The summed E-state index contributed by atoms with van der Waals surface area (Å²) < 4.78 is 13.0. The van der Waals surface area contributed by atoms with Crippen LogP contribution < -0.4 is 5.32 Å². The highest BCUT2D eigenvalue weighted by molar-refractivity contribution is 14.0. The van der Waals surface area contributed by atoms with Crippen molar-refractivity contribution >= 4 is 41.0 Å². The van der Waals surface area contributed by atoms with Crippen LogP contribution in [0, 0.1) is 12.8 Å². The Morgan fingerprint density at radius 1 is 1.32 bits per heavy atom. The Morgan fingerprint density at radius 2 is 2.14 bits per heavy atom. The monoisotopic (exact) mass is 501 g/mol. The van der Waals surface area contributed by atoms with Gasteiger partial charge in [0.25, 0.3) is 0 Å². The highest BCUT2D eigenvalue weighted by Gasteiger charge is 2.24. The second-order valence-electron chi connectivity index (χ2n) is 6.94. The second kappa shape index (κ2) is 11.6. The summed E-state index contributed by atoms with van der Waals surface area (Å²) in [7, 11) is 3.55. The Labute approximate surface area is 184 Å². The number of guanidine groups is 1. The number of rotatable bonds is 8. The quantitative estimate of drug-likeness (QED) is 0.261. The summed E-state index contributed by atoms with van der Waals surface area (Å²) in [6, 6.07) is 8.27. The molecule has 8 heteroatoms.